The molecule has 0 bridgehead atoms. The maximum Gasteiger partial charge on any atom is 0.289 e. The Balaban J connectivity index is 1.55. The summed E-state index contributed by atoms with van der Waals surface area (Å²) in [5.41, 5.74) is 3.24. The molecule has 1 aliphatic carbocycles. The number of hydrogen-bond acceptors (Lipinski definition) is 6. The highest BCUT2D eigenvalue weighted by Crippen LogP contribution is 2.33. The van der Waals surface area contributed by atoms with Crippen molar-refractivity contribution >= 4 is 5.91 Å². The van der Waals surface area contributed by atoms with E-state index in [-0.39, 0.29) is 17.7 Å². The van der Waals surface area contributed by atoms with Gasteiger partial charge < -0.3 is 14.3 Å². The lowest BCUT2D eigenvalue weighted by molar-refractivity contribution is 0.0908. The normalized spacial score (nSPS) is 16.1. The molecule has 2 heterocycles. The van der Waals surface area contributed by atoms with E-state index >= 15 is 0 Å². The van der Waals surface area contributed by atoms with E-state index in [1.54, 1.807) is 0 Å². The van der Waals surface area contributed by atoms with Gasteiger partial charge in [-0.1, -0.05) is 24.2 Å². The Morgan fingerprint density at radius 1 is 1.42 bits per heavy atom. The summed E-state index contributed by atoms with van der Waals surface area (Å²) in [5, 5.41) is 7.00. The number of amides is 1. The van der Waals surface area contributed by atoms with Crippen LogP contribution in [0.2, 0.25) is 0 Å². The van der Waals surface area contributed by atoms with Crippen molar-refractivity contribution in [1.82, 2.24) is 20.4 Å². The fourth-order valence-corrected chi connectivity index (χ4v) is 2.98. The zero-order valence-electron chi connectivity index (χ0n) is 13.2. The van der Waals surface area contributed by atoms with E-state index in [9.17, 15) is 4.79 Å². The highest BCUT2D eigenvalue weighted by atomic mass is 16.5. The Morgan fingerprint density at radius 2 is 2.33 bits per heavy atom. The average Bonchev–Trinajstić information content (AvgIpc) is 3.35. The summed E-state index contributed by atoms with van der Waals surface area (Å²) in [5.74, 6) is 1.20. The van der Waals surface area contributed by atoms with Crippen molar-refractivity contribution in [3.63, 3.8) is 0 Å². The van der Waals surface area contributed by atoms with E-state index in [4.69, 9.17) is 8.94 Å². The Hall–Kier alpha value is -2.96. The number of oxazole rings is 1. The fourth-order valence-electron chi connectivity index (χ4n) is 2.98. The first-order valence-electron chi connectivity index (χ1n) is 7.89. The van der Waals surface area contributed by atoms with Crippen LogP contribution in [0.15, 0.2) is 39.7 Å². The molecule has 2 aromatic heterocycles. The van der Waals surface area contributed by atoms with Crippen LogP contribution in [0.4, 0.5) is 0 Å². The minimum atomic E-state index is -0.250. The highest BCUT2D eigenvalue weighted by Gasteiger charge is 2.26. The maximum absolute atomic E-state index is 12.1. The number of rotatable bonds is 4. The van der Waals surface area contributed by atoms with Gasteiger partial charge in [-0.15, -0.1) is 0 Å². The van der Waals surface area contributed by atoms with Crippen LogP contribution in [-0.2, 0) is 12.8 Å². The molecule has 0 saturated carbocycles. The third-order valence-corrected chi connectivity index (χ3v) is 4.21. The Labute approximate surface area is 138 Å². The van der Waals surface area contributed by atoms with E-state index in [0.717, 1.165) is 24.0 Å². The van der Waals surface area contributed by atoms with Crippen molar-refractivity contribution in [2.45, 2.75) is 32.2 Å². The molecule has 7 nitrogen and oxygen atoms in total. The SMILES string of the molecule is CCc1nc(-c2ccc3c(c2)CC[C@H]3NC(=O)c2cnco2)no1. The highest BCUT2D eigenvalue weighted by molar-refractivity contribution is 5.91. The quantitative estimate of drug-likeness (QED) is 0.793. The molecule has 1 amide bonds. The van der Waals surface area contributed by atoms with Gasteiger partial charge in [-0.05, 0) is 30.0 Å². The van der Waals surface area contributed by atoms with E-state index in [2.05, 4.69) is 26.5 Å². The Kier molecular flexibility index (Phi) is 3.60. The predicted octanol–water partition coefficient (Wildman–Crippen LogP) is 2.70. The van der Waals surface area contributed by atoms with Gasteiger partial charge in [-0.25, -0.2) is 4.98 Å². The second-order valence-corrected chi connectivity index (χ2v) is 5.71. The van der Waals surface area contributed by atoms with Gasteiger partial charge in [-0.2, -0.15) is 4.98 Å². The fraction of sp³-hybridized carbons (Fsp3) is 0.294. The molecule has 122 valence electrons. The molecule has 4 rings (SSSR count). The van der Waals surface area contributed by atoms with E-state index in [0.29, 0.717) is 18.1 Å². The standard InChI is InChI=1S/C17H16N4O3/c1-2-15-20-16(21-24-15)11-3-5-12-10(7-11)4-6-13(12)19-17(22)14-8-18-9-23-14/h3,5,7-9,13H,2,4,6H2,1H3,(H,19,22)/t13-/m1/s1. The summed E-state index contributed by atoms with van der Waals surface area (Å²) in [6, 6.07) is 6.02. The summed E-state index contributed by atoms with van der Waals surface area (Å²) < 4.78 is 10.2. The summed E-state index contributed by atoms with van der Waals surface area (Å²) in [6.07, 6.45) is 5.12. The van der Waals surface area contributed by atoms with Crippen LogP contribution in [0.1, 0.15) is 47.0 Å². The Bertz CT molecular complexity index is 870. The Morgan fingerprint density at radius 3 is 3.08 bits per heavy atom. The molecule has 1 aliphatic rings. The van der Waals surface area contributed by atoms with Crippen molar-refractivity contribution in [2.75, 3.05) is 0 Å². The molecule has 0 spiro atoms. The first kappa shape index (κ1) is 14.6. The zero-order chi connectivity index (χ0) is 16.5. The first-order valence-corrected chi connectivity index (χ1v) is 7.89. The van der Waals surface area contributed by atoms with Gasteiger partial charge in [0.25, 0.3) is 5.91 Å². The summed E-state index contributed by atoms with van der Waals surface area (Å²) >= 11 is 0. The summed E-state index contributed by atoms with van der Waals surface area (Å²) in [7, 11) is 0. The number of fused-ring (bicyclic) bond motifs is 1. The van der Waals surface area contributed by atoms with E-state index in [1.165, 1.54) is 18.2 Å². The number of benzene rings is 1. The molecular weight excluding hydrogens is 308 g/mol. The average molecular weight is 324 g/mol. The van der Waals surface area contributed by atoms with Crippen molar-refractivity contribution < 1.29 is 13.7 Å². The molecule has 1 N–H and O–H groups in total. The summed E-state index contributed by atoms with van der Waals surface area (Å²) in [6.45, 7) is 1.97. The zero-order valence-corrected chi connectivity index (χ0v) is 13.2. The van der Waals surface area contributed by atoms with Crippen LogP contribution < -0.4 is 5.32 Å². The van der Waals surface area contributed by atoms with E-state index in [1.807, 2.05) is 19.1 Å². The lowest BCUT2D eigenvalue weighted by Gasteiger charge is -2.13. The van der Waals surface area contributed by atoms with Gasteiger partial charge in [0.2, 0.25) is 17.5 Å². The molecule has 0 saturated heterocycles. The van der Waals surface area contributed by atoms with Crippen LogP contribution in [-0.4, -0.2) is 21.0 Å². The van der Waals surface area contributed by atoms with E-state index < -0.39 is 0 Å². The lowest BCUT2D eigenvalue weighted by atomic mass is 10.0. The first-order chi connectivity index (χ1) is 11.7. The van der Waals surface area contributed by atoms with Gasteiger partial charge in [0, 0.05) is 12.0 Å². The van der Waals surface area contributed by atoms with Gasteiger partial charge in [0.05, 0.1) is 12.2 Å². The monoisotopic (exact) mass is 324 g/mol. The van der Waals surface area contributed by atoms with Crippen molar-refractivity contribution in [3.8, 4) is 11.4 Å². The molecule has 24 heavy (non-hydrogen) atoms. The number of carbonyl (C=O) groups excluding carboxylic acids is 1. The predicted molar refractivity (Wildman–Crippen MR) is 84.1 cm³/mol. The number of aryl methyl sites for hydroxylation is 2. The topological polar surface area (TPSA) is 94.1 Å². The lowest BCUT2D eigenvalue weighted by Crippen LogP contribution is -2.26. The maximum atomic E-state index is 12.1. The molecular formula is C17H16N4O3. The number of aromatic nitrogens is 3. The van der Waals surface area contributed by atoms with Gasteiger partial charge in [0.15, 0.2) is 6.39 Å². The molecule has 3 aromatic rings. The minimum Gasteiger partial charge on any atom is -0.438 e. The molecule has 7 heteroatoms. The molecule has 1 atom stereocenters. The molecule has 0 radical (unpaired) electrons. The van der Waals surface area contributed by atoms with Crippen molar-refractivity contribution in [1.29, 1.82) is 0 Å². The van der Waals surface area contributed by atoms with Crippen LogP contribution in [0.3, 0.4) is 0 Å². The molecule has 0 fully saturated rings. The van der Waals surface area contributed by atoms with Crippen LogP contribution in [0, 0.1) is 0 Å². The number of carbonyl (C=O) groups is 1. The summed E-state index contributed by atoms with van der Waals surface area (Å²) in [4.78, 5) is 20.2. The minimum absolute atomic E-state index is 0.0249. The smallest absolute Gasteiger partial charge is 0.289 e. The van der Waals surface area contributed by atoms with Gasteiger partial charge >= 0.3 is 0 Å². The number of nitrogens with one attached hydrogen (secondary N) is 1. The van der Waals surface area contributed by atoms with Crippen LogP contribution in [0.25, 0.3) is 11.4 Å². The number of nitrogens with zero attached hydrogens (tertiary/aromatic N) is 3. The molecule has 0 unspecified atom stereocenters. The van der Waals surface area contributed by atoms with Gasteiger partial charge in [0.1, 0.15) is 0 Å². The van der Waals surface area contributed by atoms with Crippen LogP contribution in [0.5, 0.6) is 0 Å². The second kappa shape index (κ2) is 5.92. The molecule has 1 aromatic carbocycles. The van der Waals surface area contributed by atoms with Gasteiger partial charge in [-0.3, -0.25) is 4.79 Å². The van der Waals surface area contributed by atoms with Crippen LogP contribution >= 0.6 is 0 Å². The number of hydrogen-bond donors (Lipinski definition) is 1. The largest absolute Gasteiger partial charge is 0.438 e. The third-order valence-electron chi connectivity index (χ3n) is 4.21. The third kappa shape index (κ3) is 2.58. The van der Waals surface area contributed by atoms with Crippen molar-refractivity contribution in [3.05, 3.63) is 53.6 Å². The second-order valence-electron chi connectivity index (χ2n) is 5.71. The van der Waals surface area contributed by atoms with Crippen molar-refractivity contribution in [2.24, 2.45) is 0 Å². The molecule has 0 aliphatic heterocycles.